The van der Waals surface area contributed by atoms with Gasteiger partial charge in [0.25, 0.3) is 5.91 Å². The molecule has 1 aromatic carbocycles. The van der Waals surface area contributed by atoms with E-state index in [1.54, 1.807) is 28.9 Å². The minimum absolute atomic E-state index is 0.0679. The van der Waals surface area contributed by atoms with Gasteiger partial charge in [-0.15, -0.1) is 0 Å². The average Bonchev–Trinajstić information content (AvgIpc) is 3.22. The number of anilines is 1. The van der Waals surface area contributed by atoms with Gasteiger partial charge in [0.05, 0.1) is 16.4 Å². The molecule has 182 valence electrons. The number of carbonyl (C=O) groups excluding carboxylic acids is 1. The van der Waals surface area contributed by atoms with Crippen molar-refractivity contribution in [3.63, 3.8) is 0 Å². The van der Waals surface area contributed by atoms with Gasteiger partial charge in [-0.3, -0.25) is 9.79 Å². The molecule has 2 aliphatic rings. The van der Waals surface area contributed by atoms with Crippen LogP contribution >= 0.6 is 39.1 Å². The molecule has 7 nitrogen and oxygen atoms in total. The molecule has 0 radical (unpaired) electrons. The summed E-state index contributed by atoms with van der Waals surface area (Å²) in [6.07, 6.45) is 7.76. The molecule has 4 heterocycles. The first-order valence-electron chi connectivity index (χ1n) is 11.6. The minimum atomic E-state index is -0.0679. The van der Waals surface area contributed by atoms with Gasteiger partial charge in [-0.1, -0.05) is 36.2 Å². The zero-order valence-corrected chi connectivity index (χ0v) is 22.3. The van der Waals surface area contributed by atoms with Crippen molar-refractivity contribution in [2.24, 2.45) is 10.9 Å². The highest BCUT2D eigenvalue weighted by Crippen LogP contribution is 2.31. The van der Waals surface area contributed by atoms with E-state index in [0.717, 1.165) is 46.6 Å². The molecule has 35 heavy (non-hydrogen) atoms. The second-order valence-corrected chi connectivity index (χ2v) is 10.8. The molecule has 0 aliphatic carbocycles. The van der Waals surface area contributed by atoms with Crippen molar-refractivity contribution in [3.05, 3.63) is 67.9 Å². The van der Waals surface area contributed by atoms with E-state index in [1.165, 1.54) is 0 Å². The Morgan fingerprint density at radius 3 is 2.80 bits per heavy atom. The van der Waals surface area contributed by atoms with Crippen LogP contribution in [0.25, 0.3) is 5.65 Å². The lowest BCUT2D eigenvalue weighted by molar-refractivity contribution is 0.0706. The molecule has 10 heteroatoms. The number of aromatic nitrogens is 3. The highest BCUT2D eigenvalue weighted by Gasteiger charge is 2.28. The van der Waals surface area contributed by atoms with Gasteiger partial charge in [0.2, 0.25) is 0 Å². The summed E-state index contributed by atoms with van der Waals surface area (Å²) in [7, 11) is 0. The van der Waals surface area contributed by atoms with Gasteiger partial charge in [-0.05, 0) is 58.5 Å². The Balaban J connectivity index is 1.40. The maximum Gasteiger partial charge on any atom is 0.253 e. The number of rotatable bonds is 5. The molecule has 1 amide bonds. The SMILES string of the molecule is CC1C=C(CNc2cc(C3CCCN(C(=O)c4cc(Cl)cc(Cl)c4)C3)nc3c(Br)cnn23)C=NC1. The third-order valence-corrected chi connectivity index (χ3v) is 7.30. The number of carbonyl (C=O) groups is 1. The molecule has 2 aromatic heterocycles. The maximum atomic E-state index is 13.2. The molecular formula is C25H25BrCl2N6O. The highest BCUT2D eigenvalue weighted by molar-refractivity contribution is 9.10. The zero-order chi connectivity index (χ0) is 24.5. The van der Waals surface area contributed by atoms with Crippen molar-refractivity contribution in [2.45, 2.75) is 25.7 Å². The number of fused-ring (bicyclic) bond motifs is 1. The van der Waals surface area contributed by atoms with Crippen LogP contribution in [0.3, 0.4) is 0 Å². The van der Waals surface area contributed by atoms with Gasteiger partial charge < -0.3 is 10.2 Å². The molecule has 3 aromatic rings. The van der Waals surface area contributed by atoms with E-state index in [9.17, 15) is 4.79 Å². The van der Waals surface area contributed by atoms with E-state index in [2.05, 4.69) is 44.3 Å². The molecule has 0 bridgehead atoms. The number of hydrogen-bond acceptors (Lipinski definition) is 5. The normalized spacial score (nSPS) is 20.2. The lowest BCUT2D eigenvalue weighted by atomic mass is 9.94. The summed E-state index contributed by atoms with van der Waals surface area (Å²) in [5.74, 6) is 1.32. The molecule has 5 rings (SSSR count). The number of amides is 1. The first-order chi connectivity index (χ1) is 16.9. The largest absolute Gasteiger partial charge is 0.366 e. The molecular weight excluding hydrogens is 551 g/mol. The lowest BCUT2D eigenvalue weighted by Gasteiger charge is -2.33. The number of piperidine rings is 1. The van der Waals surface area contributed by atoms with E-state index < -0.39 is 0 Å². The van der Waals surface area contributed by atoms with Gasteiger partial charge in [-0.2, -0.15) is 9.61 Å². The van der Waals surface area contributed by atoms with Crippen molar-refractivity contribution in [3.8, 4) is 0 Å². The quantitative estimate of drug-likeness (QED) is 0.412. The van der Waals surface area contributed by atoms with E-state index >= 15 is 0 Å². The van der Waals surface area contributed by atoms with Crippen molar-refractivity contribution in [1.29, 1.82) is 0 Å². The van der Waals surface area contributed by atoms with E-state index in [-0.39, 0.29) is 11.8 Å². The average molecular weight is 576 g/mol. The summed E-state index contributed by atoms with van der Waals surface area (Å²) >= 11 is 15.8. The molecule has 1 fully saturated rings. The smallest absolute Gasteiger partial charge is 0.253 e. The summed E-state index contributed by atoms with van der Waals surface area (Å²) in [6, 6.07) is 7.01. The number of halogens is 3. The van der Waals surface area contributed by atoms with Crippen LogP contribution in [0.2, 0.25) is 10.0 Å². The monoisotopic (exact) mass is 574 g/mol. The Kier molecular flexibility index (Phi) is 7.14. The van der Waals surface area contributed by atoms with E-state index in [0.29, 0.717) is 41.2 Å². The zero-order valence-electron chi connectivity index (χ0n) is 19.2. The van der Waals surface area contributed by atoms with Crippen LogP contribution in [0.15, 0.2) is 51.6 Å². The van der Waals surface area contributed by atoms with Crippen LogP contribution in [0.1, 0.15) is 41.7 Å². The molecule has 2 aliphatic heterocycles. The summed E-state index contributed by atoms with van der Waals surface area (Å²) in [5, 5.41) is 8.91. The number of benzene rings is 1. The Labute approximate surface area is 222 Å². The molecule has 0 spiro atoms. The van der Waals surface area contributed by atoms with Gasteiger partial charge in [0.1, 0.15) is 5.82 Å². The maximum absolute atomic E-state index is 13.2. The fourth-order valence-corrected chi connectivity index (χ4v) is 5.52. The second-order valence-electron chi connectivity index (χ2n) is 9.11. The van der Waals surface area contributed by atoms with Crippen LogP contribution in [-0.4, -0.2) is 57.8 Å². The summed E-state index contributed by atoms with van der Waals surface area (Å²) in [5.41, 5.74) is 3.33. The van der Waals surface area contributed by atoms with Gasteiger partial charge >= 0.3 is 0 Å². The number of likely N-dealkylation sites (tertiary alicyclic amines) is 1. The van der Waals surface area contributed by atoms with E-state index in [4.69, 9.17) is 28.2 Å². The predicted octanol–water partition coefficient (Wildman–Crippen LogP) is 5.88. The number of nitrogens with zero attached hydrogens (tertiary/aromatic N) is 5. The Hall–Kier alpha value is -2.42. The second kappa shape index (κ2) is 10.3. The fraction of sp³-hybridized carbons (Fsp3) is 0.360. The highest BCUT2D eigenvalue weighted by atomic mass is 79.9. The topological polar surface area (TPSA) is 74.9 Å². The third kappa shape index (κ3) is 5.39. The van der Waals surface area contributed by atoms with E-state index in [1.807, 2.05) is 17.2 Å². The van der Waals surface area contributed by atoms with Crippen LogP contribution < -0.4 is 5.32 Å². The van der Waals surface area contributed by atoms with Crippen molar-refractivity contribution in [1.82, 2.24) is 19.5 Å². The predicted molar refractivity (Wildman–Crippen MR) is 144 cm³/mol. The van der Waals surface area contributed by atoms with Crippen molar-refractivity contribution >= 4 is 62.7 Å². The number of aliphatic imine (C=N–C) groups is 1. The summed E-state index contributed by atoms with van der Waals surface area (Å²) in [6.45, 7) is 4.91. The van der Waals surface area contributed by atoms with Crippen molar-refractivity contribution < 1.29 is 4.79 Å². The van der Waals surface area contributed by atoms with Gasteiger partial charge in [-0.25, -0.2) is 4.98 Å². The number of hydrogen-bond donors (Lipinski definition) is 1. The third-order valence-electron chi connectivity index (χ3n) is 6.31. The first-order valence-corrected chi connectivity index (χ1v) is 13.2. The van der Waals surface area contributed by atoms with Gasteiger partial charge in [0.15, 0.2) is 5.65 Å². The molecule has 2 unspecified atom stereocenters. The standard InChI is InChI=1S/C25H25BrCl2N6O/c1-15-5-16(11-29-10-15)12-30-23-9-22(32-24-21(26)13-31-34(23)24)17-3-2-4-33(14-17)25(35)18-6-19(27)8-20(28)7-18/h5-9,11,13,15,17,30H,2-4,10,12,14H2,1H3. The number of dihydropyridines is 1. The molecule has 1 saturated heterocycles. The Morgan fingerprint density at radius 1 is 1.23 bits per heavy atom. The molecule has 0 saturated carbocycles. The van der Waals surface area contributed by atoms with Crippen LogP contribution in [0.4, 0.5) is 5.82 Å². The lowest BCUT2D eigenvalue weighted by Crippen LogP contribution is -2.39. The van der Waals surface area contributed by atoms with Crippen LogP contribution in [-0.2, 0) is 0 Å². The summed E-state index contributed by atoms with van der Waals surface area (Å²) in [4.78, 5) is 24.4. The molecule has 2 atom stereocenters. The fourth-order valence-electron chi connectivity index (χ4n) is 4.65. The van der Waals surface area contributed by atoms with Crippen molar-refractivity contribution in [2.75, 3.05) is 31.5 Å². The summed E-state index contributed by atoms with van der Waals surface area (Å²) < 4.78 is 2.63. The Morgan fingerprint density at radius 2 is 2.03 bits per heavy atom. The first kappa shape index (κ1) is 24.3. The van der Waals surface area contributed by atoms with Gasteiger partial charge in [0, 0.05) is 60.0 Å². The van der Waals surface area contributed by atoms with Crippen LogP contribution in [0, 0.1) is 5.92 Å². The minimum Gasteiger partial charge on any atom is -0.366 e. The van der Waals surface area contributed by atoms with Crippen LogP contribution in [0.5, 0.6) is 0 Å². The Bertz CT molecular complexity index is 1320. The molecule has 1 N–H and O–H groups in total. The number of nitrogens with one attached hydrogen (secondary N) is 1.